The number of nitrogens with zero attached hydrogens (tertiary/aromatic N) is 2. The van der Waals surface area contributed by atoms with Crippen molar-refractivity contribution in [1.29, 1.82) is 0 Å². The largest absolute Gasteiger partial charge is 0.292 e. The van der Waals surface area contributed by atoms with Gasteiger partial charge in [0.15, 0.2) is 34.6 Å². The first kappa shape index (κ1) is 34.6. The summed E-state index contributed by atoms with van der Waals surface area (Å²) in [7, 11) is 0. The van der Waals surface area contributed by atoms with Crippen LogP contribution in [0.5, 0.6) is 0 Å². The maximum atomic E-state index is 14.2. The minimum absolute atomic E-state index is 0.241. The quantitative estimate of drug-likeness (QED) is 0.255. The van der Waals surface area contributed by atoms with E-state index < -0.39 is 76.9 Å². The van der Waals surface area contributed by atoms with Crippen molar-refractivity contribution in [2.75, 3.05) is 0 Å². The lowest BCUT2D eigenvalue weighted by Crippen LogP contribution is -2.35. The van der Waals surface area contributed by atoms with Crippen LogP contribution in [-0.2, 0) is 24.6 Å². The maximum absolute atomic E-state index is 14.2. The maximum Gasteiger partial charge on any atom is 0.188 e. The number of halogens is 4. The van der Waals surface area contributed by atoms with E-state index in [0.717, 1.165) is 46.6 Å². The van der Waals surface area contributed by atoms with Gasteiger partial charge < -0.3 is 0 Å². The van der Waals surface area contributed by atoms with Gasteiger partial charge in [-0.3, -0.25) is 19.2 Å². The summed E-state index contributed by atoms with van der Waals surface area (Å²) in [4.78, 5) is 64.1. The molecule has 6 nitrogen and oxygen atoms in total. The monoisotopic (exact) mass is 716 g/mol. The minimum atomic E-state index is -1.78. The average Bonchev–Trinajstić information content (AvgIpc) is 3.83. The van der Waals surface area contributed by atoms with Crippen LogP contribution in [-0.4, -0.2) is 59.2 Å². The first-order valence-corrected chi connectivity index (χ1v) is 19.1. The summed E-state index contributed by atoms with van der Waals surface area (Å²) in [5.41, 5.74) is 1.14. The molecule has 0 N–H and O–H groups in total. The van der Waals surface area contributed by atoms with Crippen LogP contribution >= 0.6 is 22.7 Å². The zero-order chi connectivity index (χ0) is 35.1. The fourth-order valence-corrected chi connectivity index (χ4v) is 11.3. The van der Waals surface area contributed by atoms with Gasteiger partial charge in [0.2, 0.25) is 0 Å². The van der Waals surface area contributed by atoms with E-state index in [1.54, 1.807) is 0 Å². The Hall–Kier alpha value is -2.86. The smallest absolute Gasteiger partial charge is 0.188 e. The molecule has 0 amide bonds. The van der Waals surface area contributed by atoms with Gasteiger partial charge in [-0.1, -0.05) is 40.5 Å². The van der Waals surface area contributed by atoms with E-state index in [4.69, 9.17) is 0 Å². The molecule has 49 heavy (non-hydrogen) atoms. The van der Waals surface area contributed by atoms with Crippen LogP contribution in [0.4, 0.5) is 27.6 Å². The molecule has 0 saturated heterocycles. The Balaban J connectivity index is 1.31. The van der Waals surface area contributed by atoms with E-state index in [9.17, 15) is 36.7 Å². The molecule has 5 aliphatic rings. The standard InChI is InChI=1S/C37H40F4N2O4S2/c1-5-15(3)13-37(14-16(4)6-2)21-11-27(42-29-31(44)17-7-23(38)24(39)8-18(17)32(29)45)48-35(21)36-22(37)12-28(49-36)43-30-33(46)19-9-25(40)26(41)10-20(19)34(30)47/h11-12,15-20,23-26H,5-10,13-14H2,1-4H3. The topological polar surface area (TPSA) is 93.0 Å². The number of thiophene rings is 2. The van der Waals surface area contributed by atoms with Crippen molar-refractivity contribution < 1.29 is 36.7 Å². The van der Waals surface area contributed by atoms with E-state index >= 15 is 0 Å². The summed E-state index contributed by atoms with van der Waals surface area (Å²) in [5.74, 6) is -5.03. The van der Waals surface area contributed by atoms with Gasteiger partial charge in [-0.15, -0.1) is 22.7 Å². The lowest BCUT2D eigenvalue weighted by atomic mass is 9.67. The van der Waals surface area contributed by atoms with Gasteiger partial charge in [0, 0.05) is 29.1 Å². The fourth-order valence-electron chi connectivity index (χ4n) is 8.82. The fraction of sp³-hybridized carbons (Fsp3) is 0.622. The van der Waals surface area contributed by atoms with Gasteiger partial charge in [-0.25, -0.2) is 27.5 Å². The number of ketones is 4. The van der Waals surface area contributed by atoms with E-state index in [0.29, 0.717) is 21.8 Å². The molecule has 2 aromatic rings. The summed E-state index contributed by atoms with van der Waals surface area (Å²) < 4.78 is 56.8. The van der Waals surface area contributed by atoms with E-state index in [2.05, 4.69) is 37.7 Å². The van der Waals surface area contributed by atoms with E-state index in [1.165, 1.54) is 22.7 Å². The number of hydrogen-bond acceptors (Lipinski definition) is 8. The highest BCUT2D eigenvalue weighted by molar-refractivity contribution is 7.26. The van der Waals surface area contributed by atoms with Gasteiger partial charge >= 0.3 is 0 Å². The predicted octanol–water partition coefficient (Wildman–Crippen LogP) is 8.80. The molecule has 2 aromatic heterocycles. The minimum Gasteiger partial charge on any atom is -0.292 e. The average molecular weight is 717 g/mol. The zero-order valence-corrected chi connectivity index (χ0v) is 29.6. The SMILES string of the molecule is CCC(C)CC1(CC(C)CC)c2cc(N=C3C(=O)C4CC(F)C(F)CC4C3=O)sc2-c2sc(N=C3C(=O)C4CC(F)C(F)CC4C3=O)cc21. The van der Waals surface area contributed by atoms with Crippen molar-refractivity contribution in [3.8, 4) is 9.75 Å². The van der Waals surface area contributed by atoms with E-state index in [1.807, 2.05) is 12.1 Å². The molecule has 0 aliphatic heterocycles. The lowest BCUT2D eigenvalue weighted by Gasteiger charge is -2.35. The number of rotatable bonds is 8. The van der Waals surface area contributed by atoms with Crippen molar-refractivity contribution in [2.24, 2.45) is 45.5 Å². The number of Topliss-reactive ketones (excluding diaryl/α,β-unsaturated/α-hetero) is 4. The Morgan fingerprint density at radius 1 is 0.633 bits per heavy atom. The summed E-state index contributed by atoms with van der Waals surface area (Å²) in [6.45, 7) is 8.66. The molecular weight excluding hydrogens is 677 g/mol. The lowest BCUT2D eigenvalue weighted by molar-refractivity contribution is -0.123. The van der Waals surface area contributed by atoms with Gasteiger partial charge in [-0.2, -0.15) is 0 Å². The molecule has 0 radical (unpaired) electrons. The summed E-state index contributed by atoms with van der Waals surface area (Å²) in [6.07, 6.45) is -4.93. The molecule has 2 heterocycles. The van der Waals surface area contributed by atoms with Gasteiger partial charge in [0.05, 0.1) is 9.75 Å². The molecule has 4 saturated carbocycles. The highest BCUT2D eigenvalue weighted by atomic mass is 32.1. The second kappa shape index (κ2) is 12.7. The zero-order valence-electron chi connectivity index (χ0n) is 27.9. The van der Waals surface area contributed by atoms with Crippen LogP contribution in [0.25, 0.3) is 9.75 Å². The Bertz CT molecular complexity index is 1610. The Labute approximate surface area is 290 Å². The van der Waals surface area contributed by atoms with Crippen molar-refractivity contribution >= 4 is 67.2 Å². The van der Waals surface area contributed by atoms with Crippen molar-refractivity contribution in [2.45, 2.75) is 109 Å². The molecule has 12 heteroatoms. The molecule has 10 atom stereocenters. The summed E-state index contributed by atoms with van der Waals surface area (Å²) in [6, 6.07) is 3.90. The Morgan fingerprint density at radius 3 is 1.22 bits per heavy atom. The van der Waals surface area contributed by atoms with Crippen molar-refractivity contribution in [3.63, 3.8) is 0 Å². The molecule has 5 aliphatic carbocycles. The molecule has 10 unspecified atom stereocenters. The number of carbonyl (C=O) groups is 4. The molecule has 0 bridgehead atoms. The Kier molecular flexibility index (Phi) is 8.98. The van der Waals surface area contributed by atoms with Crippen LogP contribution in [0.1, 0.15) is 90.2 Å². The van der Waals surface area contributed by atoms with Crippen LogP contribution in [0.15, 0.2) is 22.1 Å². The van der Waals surface area contributed by atoms with Crippen LogP contribution < -0.4 is 0 Å². The van der Waals surface area contributed by atoms with E-state index in [-0.39, 0.29) is 37.1 Å². The third kappa shape index (κ3) is 5.54. The summed E-state index contributed by atoms with van der Waals surface area (Å²) in [5, 5.41) is 0.927. The van der Waals surface area contributed by atoms with Crippen molar-refractivity contribution in [1.82, 2.24) is 0 Å². The highest BCUT2D eigenvalue weighted by Gasteiger charge is 2.55. The number of aliphatic imine (C=N–C) groups is 2. The normalized spacial score (nSPS) is 34.9. The first-order chi connectivity index (χ1) is 23.3. The molecule has 262 valence electrons. The number of carbonyl (C=O) groups excluding carboxylic acids is 4. The number of fused-ring (bicyclic) bond motifs is 5. The second-order valence-corrected chi connectivity index (χ2v) is 17.0. The second-order valence-electron chi connectivity index (χ2n) is 15.0. The molecule has 0 aromatic carbocycles. The van der Waals surface area contributed by atoms with Crippen LogP contribution in [0.2, 0.25) is 0 Å². The predicted molar refractivity (Wildman–Crippen MR) is 183 cm³/mol. The van der Waals surface area contributed by atoms with Crippen LogP contribution in [0, 0.1) is 35.5 Å². The molecule has 7 rings (SSSR count). The summed E-state index contributed by atoms with van der Waals surface area (Å²) >= 11 is 2.68. The van der Waals surface area contributed by atoms with Crippen molar-refractivity contribution in [3.05, 3.63) is 23.3 Å². The number of alkyl halides is 4. The Morgan fingerprint density at radius 2 is 0.939 bits per heavy atom. The van der Waals surface area contributed by atoms with Crippen LogP contribution in [0.3, 0.4) is 0 Å². The molecule has 4 fully saturated rings. The number of hydrogen-bond donors (Lipinski definition) is 0. The third-order valence-corrected chi connectivity index (χ3v) is 14.1. The van der Waals surface area contributed by atoms with Gasteiger partial charge in [0.25, 0.3) is 0 Å². The highest BCUT2D eigenvalue weighted by Crippen LogP contribution is 2.62. The third-order valence-electron chi connectivity index (χ3n) is 11.9. The molecule has 0 spiro atoms. The van der Waals surface area contributed by atoms with Gasteiger partial charge in [0.1, 0.15) is 34.7 Å². The molecular formula is C37H40F4N2O4S2. The first-order valence-electron chi connectivity index (χ1n) is 17.5. The van der Waals surface area contributed by atoms with Gasteiger partial charge in [-0.05, 0) is 73.6 Å².